The Morgan fingerprint density at radius 1 is 1.09 bits per heavy atom. The van der Waals surface area contributed by atoms with E-state index >= 15 is 0 Å². The van der Waals surface area contributed by atoms with Crippen molar-refractivity contribution in [2.45, 2.75) is 61.9 Å². The summed E-state index contributed by atoms with van der Waals surface area (Å²) >= 11 is 0. The van der Waals surface area contributed by atoms with Crippen molar-refractivity contribution in [3.63, 3.8) is 0 Å². The molecule has 2 amide bonds. The first-order chi connectivity index (χ1) is 22.0. The van der Waals surface area contributed by atoms with E-state index in [4.69, 9.17) is 15.2 Å². The van der Waals surface area contributed by atoms with E-state index in [0.29, 0.717) is 38.0 Å². The summed E-state index contributed by atoms with van der Waals surface area (Å²) in [5.74, 6) is -2.97. The van der Waals surface area contributed by atoms with Crippen molar-refractivity contribution in [3.05, 3.63) is 54.2 Å². The molecule has 46 heavy (non-hydrogen) atoms. The van der Waals surface area contributed by atoms with Crippen molar-refractivity contribution in [3.8, 4) is 11.5 Å². The average molecular weight is 658 g/mol. The van der Waals surface area contributed by atoms with Crippen LogP contribution in [0.5, 0.6) is 11.5 Å². The summed E-state index contributed by atoms with van der Waals surface area (Å²) in [7, 11) is -1.11. The van der Waals surface area contributed by atoms with Crippen molar-refractivity contribution < 1.29 is 37.4 Å². The van der Waals surface area contributed by atoms with Gasteiger partial charge in [0.25, 0.3) is 0 Å². The van der Waals surface area contributed by atoms with Gasteiger partial charge in [0.05, 0.1) is 25.0 Å². The molecule has 13 nitrogen and oxygen atoms in total. The van der Waals surface area contributed by atoms with Gasteiger partial charge in [0.2, 0.25) is 21.8 Å². The molecule has 0 aliphatic carbocycles. The lowest BCUT2D eigenvalue weighted by molar-refractivity contribution is -0.142. The molecule has 1 aromatic heterocycles. The molecule has 1 aliphatic rings. The highest BCUT2D eigenvalue weighted by Gasteiger charge is 2.37. The number of ether oxygens (including phenoxy) is 2. The number of piperidine rings is 1. The first-order valence-electron chi connectivity index (χ1n) is 15.3. The number of para-hydroxylation sites is 1. The van der Waals surface area contributed by atoms with Crippen LogP contribution in [0, 0.1) is 5.92 Å². The number of aliphatic carboxylic acids is 1. The Labute approximate surface area is 268 Å². The number of benzene rings is 2. The van der Waals surface area contributed by atoms with E-state index in [2.05, 4.69) is 15.6 Å². The molecule has 250 valence electrons. The van der Waals surface area contributed by atoms with Crippen molar-refractivity contribution in [2.24, 2.45) is 11.7 Å². The number of hydrogen-bond acceptors (Lipinski definition) is 8. The minimum Gasteiger partial charge on any atom is -0.493 e. The average Bonchev–Trinajstić information content (AvgIpc) is 3.50. The van der Waals surface area contributed by atoms with E-state index in [9.17, 15) is 27.9 Å². The monoisotopic (exact) mass is 657 g/mol. The van der Waals surface area contributed by atoms with Gasteiger partial charge in [-0.1, -0.05) is 25.1 Å². The van der Waals surface area contributed by atoms with Crippen molar-refractivity contribution >= 4 is 38.7 Å². The van der Waals surface area contributed by atoms with Crippen LogP contribution in [0.25, 0.3) is 10.9 Å². The fourth-order valence-electron chi connectivity index (χ4n) is 5.85. The number of carboxylic acids is 1. The second-order valence-electron chi connectivity index (χ2n) is 11.5. The normalized spacial score (nSPS) is 17.5. The van der Waals surface area contributed by atoms with Crippen LogP contribution in [-0.4, -0.2) is 86.5 Å². The smallest absolute Gasteiger partial charge is 0.326 e. The number of hydrogen-bond donors (Lipinski definition) is 5. The molecule has 2 unspecified atom stereocenters. The van der Waals surface area contributed by atoms with Gasteiger partial charge < -0.3 is 35.9 Å². The van der Waals surface area contributed by atoms with Crippen LogP contribution in [0.1, 0.15) is 50.5 Å². The maximum atomic E-state index is 13.8. The Kier molecular flexibility index (Phi) is 11.7. The molecule has 0 spiro atoms. The fourth-order valence-corrected chi connectivity index (χ4v) is 7.39. The summed E-state index contributed by atoms with van der Waals surface area (Å²) < 4.78 is 39.0. The zero-order chi connectivity index (χ0) is 33.4. The fraction of sp³-hybridized carbons (Fsp3) is 0.469. The number of nitrogens with two attached hydrogens (primary N) is 1. The second kappa shape index (κ2) is 15.4. The molecule has 1 fully saturated rings. The van der Waals surface area contributed by atoms with Gasteiger partial charge in [0, 0.05) is 42.2 Å². The van der Waals surface area contributed by atoms with Crippen molar-refractivity contribution in [1.29, 1.82) is 0 Å². The first kappa shape index (κ1) is 34.7. The lowest BCUT2D eigenvalue weighted by Crippen LogP contribution is -2.55. The molecule has 2 aromatic carbocycles. The number of carbonyl (C=O) groups excluding carboxylic acids is 2. The number of aromatic amines is 1. The third kappa shape index (κ3) is 7.80. The van der Waals surface area contributed by atoms with Gasteiger partial charge in [0.1, 0.15) is 12.1 Å². The zero-order valence-corrected chi connectivity index (χ0v) is 27.1. The molecule has 14 heteroatoms. The van der Waals surface area contributed by atoms with Crippen LogP contribution in [-0.2, 0) is 24.4 Å². The summed E-state index contributed by atoms with van der Waals surface area (Å²) in [5, 5.41) is 16.1. The number of methoxy groups -OCH3 is 2. The Morgan fingerprint density at radius 3 is 2.52 bits per heavy atom. The molecule has 4 atom stereocenters. The number of amides is 2. The molecular weight excluding hydrogens is 614 g/mol. The molecule has 0 saturated carbocycles. The van der Waals surface area contributed by atoms with Gasteiger partial charge in [-0.15, -0.1) is 0 Å². The number of nitrogens with zero attached hydrogens (tertiary/aromatic N) is 1. The van der Waals surface area contributed by atoms with Gasteiger partial charge in [-0.25, -0.2) is 13.2 Å². The molecule has 2 heterocycles. The molecule has 0 bridgehead atoms. The minimum atomic E-state index is -3.98. The van der Waals surface area contributed by atoms with Crippen LogP contribution < -0.4 is 25.8 Å². The van der Waals surface area contributed by atoms with Gasteiger partial charge in [0.15, 0.2) is 11.5 Å². The van der Waals surface area contributed by atoms with Crippen molar-refractivity contribution in [2.75, 3.05) is 33.9 Å². The molecule has 6 N–H and O–H groups in total. The lowest BCUT2D eigenvalue weighted by Gasteiger charge is -2.33. The quantitative estimate of drug-likeness (QED) is 0.153. The number of rotatable bonds is 15. The third-order valence-electron chi connectivity index (χ3n) is 8.50. The highest BCUT2D eigenvalue weighted by atomic mass is 32.2. The Morgan fingerprint density at radius 2 is 1.83 bits per heavy atom. The van der Waals surface area contributed by atoms with Gasteiger partial charge >= 0.3 is 5.97 Å². The SMILES string of the molecule is COc1ccc(S(=O)(=O)N2CCCC(C(=O)N[C@@H](C(=O)N[C@@H](CCCCN)C(=O)O)C(C)c3c[nH]c4ccccc34)C2)cc1OC. The van der Waals surface area contributed by atoms with Crippen LogP contribution in [0.3, 0.4) is 0 Å². The molecule has 1 saturated heterocycles. The molecule has 0 radical (unpaired) electrons. The van der Waals surface area contributed by atoms with E-state index in [1.807, 2.05) is 24.3 Å². The number of carboxylic acid groups (broad SMARTS) is 1. The van der Waals surface area contributed by atoms with Gasteiger partial charge in [-0.3, -0.25) is 9.59 Å². The van der Waals surface area contributed by atoms with Crippen molar-refractivity contribution in [1.82, 2.24) is 19.9 Å². The Bertz CT molecular complexity index is 1640. The predicted octanol–water partition coefficient (Wildman–Crippen LogP) is 2.57. The highest BCUT2D eigenvalue weighted by Crippen LogP contribution is 2.33. The predicted molar refractivity (Wildman–Crippen MR) is 172 cm³/mol. The van der Waals surface area contributed by atoms with Crippen LogP contribution in [0.15, 0.2) is 53.6 Å². The summed E-state index contributed by atoms with van der Waals surface area (Å²) in [4.78, 5) is 42.7. The lowest BCUT2D eigenvalue weighted by atomic mass is 9.90. The summed E-state index contributed by atoms with van der Waals surface area (Å²) in [6, 6.07) is 9.56. The summed E-state index contributed by atoms with van der Waals surface area (Å²) in [5.41, 5.74) is 7.18. The van der Waals surface area contributed by atoms with Crippen LogP contribution in [0.2, 0.25) is 0 Å². The molecule has 3 aromatic rings. The van der Waals surface area contributed by atoms with Gasteiger partial charge in [-0.05, 0) is 62.4 Å². The number of nitrogens with one attached hydrogen (secondary N) is 3. The maximum absolute atomic E-state index is 13.8. The van der Waals surface area contributed by atoms with Crippen LogP contribution >= 0.6 is 0 Å². The summed E-state index contributed by atoms with van der Waals surface area (Å²) in [6.45, 7) is 2.32. The molecule has 1 aliphatic heterocycles. The molecular formula is C32H43N5O8S. The maximum Gasteiger partial charge on any atom is 0.326 e. The number of unbranched alkanes of at least 4 members (excludes halogenated alkanes) is 1. The third-order valence-corrected chi connectivity index (χ3v) is 10.4. The minimum absolute atomic E-state index is 0.00534. The first-order valence-corrected chi connectivity index (χ1v) is 16.8. The topological polar surface area (TPSA) is 193 Å². The van der Waals surface area contributed by atoms with E-state index < -0.39 is 51.7 Å². The van der Waals surface area contributed by atoms with E-state index in [1.165, 1.54) is 36.7 Å². The highest BCUT2D eigenvalue weighted by molar-refractivity contribution is 7.89. The second-order valence-corrected chi connectivity index (χ2v) is 13.4. The van der Waals surface area contributed by atoms with Gasteiger partial charge in [-0.2, -0.15) is 4.31 Å². The number of carbonyl (C=O) groups is 3. The number of sulfonamides is 1. The summed E-state index contributed by atoms with van der Waals surface area (Å²) in [6.07, 6.45) is 3.92. The standard InChI is InChI=1S/C32H43N5O8S/c1-20(24-18-34-25-11-5-4-10-23(24)25)29(31(39)35-26(32(40)41)12-6-7-15-33)36-30(38)21-9-8-16-37(19-21)46(42,43)22-13-14-27(44-2)28(17-22)45-3/h4-5,10-11,13-14,17-18,20-21,26,29,34H,6-9,12,15-16,19,33H2,1-3H3,(H,35,39)(H,36,38)(H,40,41)/t20?,21?,26-,29+/m0/s1. The number of H-pyrrole nitrogens is 1. The largest absolute Gasteiger partial charge is 0.493 e. The van der Waals surface area contributed by atoms with E-state index in [0.717, 1.165) is 16.5 Å². The number of fused-ring (bicyclic) bond motifs is 1. The zero-order valence-electron chi connectivity index (χ0n) is 26.3. The number of aromatic nitrogens is 1. The molecule has 4 rings (SSSR count). The Balaban J connectivity index is 1.57. The Hall–Kier alpha value is -4.14. The van der Waals surface area contributed by atoms with E-state index in [1.54, 1.807) is 13.1 Å². The van der Waals surface area contributed by atoms with E-state index in [-0.39, 0.29) is 30.2 Å². The van der Waals surface area contributed by atoms with Crippen LogP contribution in [0.4, 0.5) is 0 Å².